The van der Waals surface area contributed by atoms with E-state index >= 15 is 0 Å². The van der Waals surface area contributed by atoms with Gasteiger partial charge in [0.05, 0.1) is 11.4 Å². The Balaban J connectivity index is 1.80. The number of carbonyl (C=O) groups is 2. The summed E-state index contributed by atoms with van der Waals surface area (Å²) in [5.74, 6) is 0.221. The molecule has 36 heavy (non-hydrogen) atoms. The highest BCUT2D eigenvalue weighted by atomic mass is 35.5. The number of halogens is 1. The summed E-state index contributed by atoms with van der Waals surface area (Å²) in [4.78, 5) is 27.6. The van der Waals surface area contributed by atoms with Gasteiger partial charge in [-0.05, 0) is 55.3 Å². The topological polar surface area (TPSA) is 88.5 Å². The van der Waals surface area contributed by atoms with Gasteiger partial charge in [-0.15, -0.1) is 0 Å². The minimum absolute atomic E-state index is 0.132. The molecule has 0 bridgehead atoms. The van der Waals surface area contributed by atoms with Crippen molar-refractivity contribution in [2.24, 2.45) is 0 Å². The Bertz CT molecular complexity index is 1180. The monoisotopic (exact) mass is 511 g/mol. The van der Waals surface area contributed by atoms with Crippen molar-refractivity contribution in [2.45, 2.75) is 39.5 Å². The van der Waals surface area contributed by atoms with Crippen LogP contribution in [0.15, 0.2) is 54.6 Å². The first-order chi connectivity index (χ1) is 17.1. The molecule has 0 fully saturated rings. The summed E-state index contributed by atoms with van der Waals surface area (Å²) >= 11 is 5.94. The van der Waals surface area contributed by atoms with E-state index in [1.165, 1.54) is 4.90 Å². The molecule has 1 aromatic heterocycles. The summed E-state index contributed by atoms with van der Waals surface area (Å²) in [5.41, 5.74) is 3.16. The molecule has 2 aromatic carbocycles. The quantitative estimate of drug-likeness (QED) is 0.364. The lowest BCUT2D eigenvalue weighted by molar-refractivity contribution is -0.116. The third-order valence-electron chi connectivity index (χ3n) is 5.49. The Morgan fingerprint density at radius 3 is 2.44 bits per heavy atom. The number of benzene rings is 2. The first-order valence-corrected chi connectivity index (χ1v) is 12.2. The first kappa shape index (κ1) is 27.2. The number of anilines is 2. The standard InChI is InChI=1S/C27H34ClN5O3/c1-19-8-6-9-22(16-19)33-24(17-23(31-33)27(2,3)4)30-25(34)18-32(14-7-15-36-5)26(35)29-21-12-10-20(28)11-13-21/h6,8-13,16-17H,7,14-15,18H2,1-5H3,(H,29,35)(H,30,34). The fourth-order valence-corrected chi connectivity index (χ4v) is 3.66. The summed E-state index contributed by atoms with van der Waals surface area (Å²) in [7, 11) is 1.60. The van der Waals surface area contributed by atoms with Crippen molar-refractivity contribution in [3.8, 4) is 5.69 Å². The summed E-state index contributed by atoms with van der Waals surface area (Å²) in [5, 5.41) is 11.1. The van der Waals surface area contributed by atoms with Crippen molar-refractivity contribution in [1.82, 2.24) is 14.7 Å². The van der Waals surface area contributed by atoms with Crippen LogP contribution in [0.25, 0.3) is 5.69 Å². The van der Waals surface area contributed by atoms with E-state index in [-0.39, 0.29) is 23.9 Å². The van der Waals surface area contributed by atoms with Crippen LogP contribution in [0.5, 0.6) is 0 Å². The second kappa shape index (κ2) is 12.1. The summed E-state index contributed by atoms with van der Waals surface area (Å²) < 4.78 is 6.86. The van der Waals surface area contributed by atoms with Crippen molar-refractivity contribution in [3.63, 3.8) is 0 Å². The van der Waals surface area contributed by atoms with Crippen LogP contribution in [-0.2, 0) is 14.9 Å². The molecule has 0 radical (unpaired) electrons. The van der Waals surface area contributed by atoms with Crippen molar-refractivity contribution >= 4 is 35.0 Å². The lowest BCUT2D eigenvalue weighted by Crippen LogP contribution is -2.41. The van der Waals surface area contributed by atoms with Crippen LogP contribution < -0.4 is 10.6 Å². The highest BCUT2D eigenvalue weighted by Gasteiger charge is 2.23. The van der Waals surface area contributed by atoms with Crippen molar-refractivity contribution in [2.75, 3.05) is 37.4 Å². The minimum Gasteiger partial charge on any atom is -0.385 e. The minimum atomic E-state index is -0.383. The molecule has 0 saturated carbocycles. The number of nitrogens with zero attached hydrogens (tertiary/aromatic N) is 3. The van der Waals surface area contributed by atoms with E-state index < -0.39 is 0 Å². The lowest BCUT2D eigenvalue weighted by atomic mass is 9.92. The molecule has 3 rings (SSSR count). The van der Waals surface area contributed by atoms with Crippen molar-refractivity contribution in [3.05, 3.63) is 70.9 Å². The number of ether oxygens (including phenoxy) is 1. The normalized spacial score (nSPS) is 11.3. The largest absolute Gasteiger partial charge is 0.385 e. The van der Waals surface area contributed by atoms with Gasteiger partial charge in [0.1, 0.15) is 12.4 Å². The van der Waals surface area contributed by atoms with Gasteiger partial charge in [-0.2, -0.15) is 5.10 Å². The van der Waals surface area contributed by atoms with Gasteiger partial charge in [-0.3, -0.25) is 4.79 Å². The maximum atomic E-state index is 13.1. The number of nitrogens with one attached hydrogen (secondary N) is 2. The fourth-order valence-electron chi connectivity index (χ4n) is 3.54. The maximum Gasteiger partial charge on any atom is 0.322 e. The van der Waals surface area contributed by atoms with E-state index in [0.29, 0.717) is 36.1 Å². The molecule has 3 aromatic rings. The predicted molar refractivity (Wildman–Crippen MR) is 144 cm³/mol. The van der Waals surface area contributed by atoms with Crippen LogP contribution in [-0.4, -0.2) is 53.4 Å². The Hall–Kier alpha value is -3.36. The molecular formula is C27H34ClN5O3. The highest BCUT2D eigenvalue weighted by molar-refractivity contribution is 6.30. The number of urea groups is 1. The predicted octanol–water partition coefficient (Wildman–Crippen LogP) is 5.64. The van der Waals surface area contributed by atoms with Crippen LogP contribution in [0.2, 0.25) is 5.02 Å². The third-order valence-corrected chi connectivity index (χ3v) is 5.74. The van der Waals surface area contributed by atoms with Gasteiger partial charge in [0.25, 0.3) is 0 Å². The molecule has 8 nitrogen and oxygen atoms in total. The number of aromatic nitrogens is 2. The van der Waals surface area contributed by atoms with E-state index in [1.807, 2.05) is 37.3 Å². The zero-order valence-corrected chi connectivity index (χ0v) is 22.2. The Kier molecular flexibility index (Phi) is 9.12. The van der Waals surface area contributed by atoms with Crippen molar-refractivity contribution < 1.29 is 14.3 Å². The van der Waals surface area contributed by atoms with Crippen LogP contribution in [0.3, 0.4) is 0 Å². The molecule has 0 atom stereocenters. The molecule has 1 heterocycles. The molecule has 0 aliphatic carbocycles. The average molecular weight is 512 g/mol. The fraction of sp³-hybridized carbons (Fsp3) is 0.370. The Morgan fingerprint density at radius 1 is 1.08 bits per heavy atom. The molecule has 0 aliphatic rings. The average Bonchev–Trinajstić information content (AvgIpc) is 3.24. The van der Waals surface area contributed by atoms with Gasteiger partial charge in [0, 0.05) is 42.5 Å². The second-order valence-electron chi connectivity index (χ2n) is 9.67. The number of rotatable bonds is 9. The molecule has 9 heteroatoms. The van der Waals surface area contributed by atoms with Gasteiger partial charge in [-0.25, -0.2) is 9.48 Å². The number of hydrogen-bond acceptors (Lipinski definition) is 4. The highest BCUT2D eigenvalue weighted by Crippen LogP contribution is 2.26. The van der Waals surface area contributed by atoms with E-state index in [2.05, 4.69) is 31.4 Å². The van der Waals surface area contributed by atoms with Gasteiger partial charge < -0.3 is 20.3 Å². The second-order valence-corrected chi connectivity index (χ2v) is 10.1. The Morgan fingerprint density at radius 2 is 1.81 bits per heavy atom. The lowest BCUT2D eigenvalue weighted by Gasteiger charge is -2.22. The van der Waals surface area contributed by atoms with E-state index in [4.69, 9.17) is 21.4 Å². The van der Waals surface area contributed by atoms with Gasteiger partial charge >= 0.3 is 6.03 Å². The number of methoxy groups -OCH3 is 1. The van der Waals surface area contributed by atoms with Crippen molar-refractivity contribution in [1.29, 1.82) is 0 Å². The molecule has 2 N–H and O–H groups in total. The van der Waals surface area contributed by atoms with Gasteiger partial charge in [0.15, 0.2) is 0 Å². The summed E-state index contributed by atoms with van der Waals surface area (Å²) in [6, 6.07) is 16.2. The maximum absolute atomic E-state index is 13.1. The molecule has 3 amide bonds. The zero-order valence-electron chi connectivity index (χ0n) is 21.5. The van der Waals surface area contributed by atoms with E-state index in [0.717, 1.165) is 16.9 Å². The number of hydrogen-bond donors (Lipinski definition) is 2. The number of carbonyl (C=O) groups excluding carboxylic acids is 2. The smallest absolute Gasteiger partial charge is 0.322 e. The molecular weight excluding hydrogens is 478 g/mol. The molecule has 192 valence electrons. The third kappa shape index (κ3) is 7.57. The SMILES string of the molecule is COCCCN(CC(=O)Nc1cc(C(C)(C)C)nn1-c1cccc(C)c1)C(=O)Nc1ccc(Cl)cc1. The molecule has 0 spiro atoms. The van der Waals surface area contributed by atoms with Crippen LogP contribution >= 0.6 is 11.6 Å². The first-order valence-electron chi connectivity index (χ1n) is 11.8. The van der Waals surface area contributed by atoms with Crippen LogP contribution in [0.4, 0.5) is 16.3 Å². The van der Waals surface area contributed by atoms with Gasteiger partial charge in [0.2, 0.25) is 5.91 Å². The number of amides is 3. The zero-order chi connectivity index (χ0) is 26.3. The van der Waals surface area contributed by atoms with Gasteiger partial charge in [-0.1, -0.05) is 44.5 Å². The molecule has 0 unspecified atom stereocenters. The molecule has 0 aliphatic heterocycles. The summed E-state index contributed by atoms with van der Waals surface area (Å²) in [6.07, 6.45) is 0.590. The van der Waals surface area contributed by atoms with E-state index in [9.17, 15) is 9.59 Å². The number of aryl methyl sites for hydroxylation is 1. The molecule has 0 saturated heterocycles. The van der Waals surface area contributed by atoms with E-state index in [1.54, 1.807) is 36.1 Å². The summed E-state index contributed by atoms with van der Waals surface area (Å²) in [6.45, 7) is 8.91. The Labute approximate surface area is 217 Å². The van der Waals surface area contributed by atoms with Crippen LogP contribution in [0.1, 0.15) is 38.4 Å². The van der Waals surface area contributed by atoms with Crippen LogP contribution in [0, 0.1) is 6.92 Å².